The van der Waals surface area contributed by atoms with Crippen molar-refractivity contribution in [3.63, 3.8) is 0 Å². The topological polar surface area (TPSA) is 12.0 Å². The highest BCUT2D eigenvalue weighted by atomic mass is 19.1. The molecule has 0 aromatic heterocycles. The molecule has 74 valence electrons. The van der Waals surface area contributed by atoms with E-state index in [1.54, 1.807) is 12.1 Å². The monoisotopic (exact) mass is 191 g/mol. The van der Waals surface area contributed by atoms with Crippen molar-refractivity contribution in [2.45, 2.75) is 24.8 Å². The van der Waals surface area contributed by atoms with Crippen LogP contribution in [-0.4, -0.2) is 12.6 Å². The number of hydrogen-bond donors (Lipinski definition) is 1. The van der Waals surface area contributed by atoms with E-state index < -0.39 is 0 Å². The van der Waals surface area contributed by atoms with Gasteiger partial charge in [0.15, 0.2) is 0 Å². The number of fused-ring (bicyclic) bond motifs is 2. The first-order valence-electron chi connectivity index (χ1n) is 5.32. The standard InChI is InChI=1S/C12H14FN/c13-12-4-2-1-3-10(12)11-6-9-5-8(11)7-14-9/h1-4,8-9,11,14H,5-7H2/t8-,9-,11+/m0/s1. The normalized spacial score (nSPS) is 35.1. The molecule has 1 heterocycles. The largest absolute Gasteiger partial charge is 0.314 e. The van der Waals surface area contributed by atoms with Gasteiger partial charge in [-0.1, -0.05) is 18.2 Å². The molecule has 1 aliphatic heterocycles. The third-order valence-electron chi connectivity index (χ3n) is 3.67. The Hall–Kier alpha value is -0.890. The van der Waals surface area contributed by atoms with Crippen molar-refractivity contribution in [1.82, 2.24) is 5.32 Å². The molecule has 1 saturated carbocycles. The van der Waals surface area contributed by atoms with Crippen molar-refractivity contribution < 1.29 is 4.39 Å². The molecule has 0 unspecified atom stereocenters. The predicted octanol–water partition coefficient (Wildman–Crippen LogP) is 2.29. The van der Waals surface area contributed by atoms with Gasteiger partial charge in [-0.3, -0.25) is 0 Å². The van der Waals surface area contributed by atoms with Gasteiger partial charge >= 0.3 is 0 Å². The maximum absolute atomic E-state index is 13.5. The summed E-state index contributed by atoms with van der Waals surface area (Å²) in [4.78, 5) is 0. The molecule has 3 atom stereocenters. The second-order valence-corrected chi connectivity index (χ2v) is 4.46. The molecule has 2 fully saturated rings. The zero-order valence-corrected chi connectivity index (χ0v) is 8.04. The quantitative estimate of drug-likeness (QED) is 0.718. The summed E-state index contributed by atoms with van der Waals surface area (Å²) in [5.41, 5.74) is 0.932. The molecule has 1 aromatic carbocycles. The molecule has 1 N–H and O–H groups in total. The maximum Gasteiger partial charge on any atom is 0.126 e. The van der Waals surface area contributed by atoms with Crippen LogP contribution in [0.1, 0.15) is 24.3 Å². The van der Waals surface area contributed by atoms with Crippen LogP contribution in [-0.2, 0) is 0 Å². The summed E-state index contributed by atoms with van der Waals surface area (Å²) < 4.78 is 13.5. The minimum Gasteiger partial charge on any atom is -0.314 e. The van der Waals surface area contributed by atoms with Crippen LogP contribution in [0.3, 0.4) is 0 Å². The van der Waals surface area contributed by atoms with Crippen molar-refractivity contribution in [2.24, 2.45) is 5.92 Å². The summed E-state index contributed by atoms with van der Waals surface area (Å²) in [7, 11) is 0. The lowest BCUT2D eigenvalue weighted by Gasteiger charge is -2.22. The fourth-order valence-corrected chi connectivity index (χ4v) is 2.99. The lowest BCUT2D eigenvalue weighted by molar-refractivity contribution is 0.426. The van der Waals surface area contributed by atoms with Crippen LogP contribution < -0.4 is 5.32 Å². The van der Waals surface area contributed by atoms with Gasteiger partial charge < -0.3 is 5.32 Å². The van der Waals surface area contributed by atoms with E-state index in [1.807, 2.05) is 12.1 Å². The van der Waals surface area contributed by atoms with E-state index >= 15 is 0 Å². The van der Waals surface area contributed by atoms with Gasteiger partial charge in [-0.2, -0.15) is 0 Å². The van der Waals surface area contributed by atoms with Gasteiger partial charge in [0, 0.05) is 6.04 Å². The highest BCUT2D eigenvalue weighted by Gasteiger charge is 2.40. The average molecular weight is 191 g/mol. The first kappa shape index (κ1) is 8.42. The molecule has 2 bridgehead atoms. The first-order chi connectivity index (χ1) is 6.84. The Morgan fingerprint density at radius 3 is 2.71 bits per heavy atom. The molecule has 2 aliphatic rings. The third kappa shape index (κ3) is 1.17. The van der Waals surface area contributed by atoms with E-state index in [4.69, 9.17) is 0 Å². The second-order valence-electron chi connectivity index (χ2n) is 4.46. The van der Waals surface area contributed by atoms with Crippen molar-refractivity contribution in [3.05, 3.63) is 35.6 Å². The molecular weight excluding hydrogens is 177 g/mol. The Morgan fingerprint density at radius 1 is 1.21 bits per heavy atom. The Labute approximate surface area is 83.3 Å². The molecule has 0 spiro atoms. The number of nitrogens with one attached hydrogen (secondary N) is 1. The molecule has 1 nitrogen and oxygen atoms in total. The van der Waals surface area contributed by atoms with Gasteiger partial charge in [-0.15, -0.1) is 0 Å². The van der Waals surface area contributed by atoms with Gasteiger partial charge in [0.25, 0.3) is 0 Å². The summed E-state index contributed by atoms with van der Waals surface area (Å²) >= 11 is 0. The summed E-state index contributed by atoms with van der Waals surface area (Å²) in [6.45, 7) is 1.07. The van der Waals surface area contributed by atoms with E-state index in [9.17, 15) is 4.39 Å². The molecular formula is C12H14FN. The zero-order chi connectivity index (χ0) is 9.54. The van der Waals surface area contributed by atoms with Gasteiger partial charge in [-0.05, 0) is 42.9 Å². The number of benzene rings is 1. The highest BCUT2D eigenvalue weighted by molar-refractivity contribution is 5.25. The van der Waals surface area contributed by atoms with E-state index in [2.05, 4.69) is 5.32 Å². The minimum atomic E-state index is -0.0231. The van der Waals surface area contributed by atoms with Crippen molar-refractivity contribution in [1.29, 1.82) is 0 Å². The Kier molecular flexibility index (Phi) is 1.84. The van der Waals surface area contributed by atoms with Gasteiger partial charge in [-0.25, -0.2) is 4.39 Å². The van der Waals surface area contributed by atoms with Gasteiger partial charge in [0.05, 0.1) is 0 Å². The van der Waals surface area contributed by atoms with Crippen molar-refractivity contribution >= 4 is 0 Å². The van der Waals surface area contributed by atoms with Crippen LogP contribution in [0.15, 0.2) is 24.3 Å². The zero-order valence-electron chi connectivity index (χ0n) is 8.04. The fourth-order valence-electron chi connectivity index (χ4n) is 2.99. The molecule has 2 heteroatoms. The SMILES string of the molecule is Fc1ccccc1[C@@H]1C[C@@H]2C[C@H]1CN2. The van der Waals surface area contributed by atoms with Gasteiger partial charge in [0.1, 0.15) is 5.82 Å². The summed E-state index contributed by atoms with van der Waals surface area (Å²) in [6.07, 6.45) is 2.35. The van der Waals surface area contributed by atoms with E-state index in [0.717, 1.165) is 18.5 Å². The maximum atomic E-state index is 13.5. The second kappa shape index (κ2) is 3.06. The van der Waals surface area contributed by atoms with Gasteiger partial charge in [0.2, 0.25) is 0 Å². The molecule has 1 aliphatic carbocycles. The number of hydrogen-bond acceptors (Lipinski definition) is 1. The summed E-state index contributed by atoms with van der Waals surface area (Å²) in [5.74, 6) is 1.10. The first-order valence-corrected chi connectivity index (χ1v) is 5.32. The van der Waals surface area contributed by atoms with Crippen LogP contribution in [0, 0.1) is 11.7 Å². The van der Waals surface area contributed by atoms with E-state index in [0.29, 0.717) is 17.9 Å². The van der Waals surface area contributed by atoms with Crippen LogP contribution >= 0.6 is 0 Å². The molecule has 1 saturated heterocycles. The Morgan fingerprint density at radius 2 is 2.07 bits per heavy atom. The fraction of sp³-hybridized carbons (Fsp3) is 0.500. The summed E-state index contributed by atoms with van der Waals surface area (Å²) in [6, 6.07) is 7.88. The van der Waals surface area contributed by atoms with Crippen LogP contribution in [0.5, 0.6) is 0 Å². The Balaban J connectivity index is 1.93. The molecule has 0 amide bonds. The Bertz CT molecular complexity index is 350. The van der Waals surface area contributed by atoms with Crippen LogP contribution in [0.25, 0.3) is 0 Å². The number of piperidine rings is 1. The third-order valence-corrected chi connectivity index (χ3v) is 3.67. The van der Waals surface area contributed by atoms with Crippen LogP contribution in [0.2, 0.25) is 0 Å². The predicted molar refractivity (Wildman–Crippen MR) is 53.7 cm³/mol. The number of halogens is 1. The lowest BCUT2D eigenvalue weighted by Crippen LogP contribution is -2.28. The molecule has 3 rings (SSSR count). The van der Waals surface area contributed by atoms with Crippen molar-refractivity contribution in [3.8, 4) is 0 Å². The smallest absolute Gasteiger partial charge is 0.126 e. The number of rotatable bonds is 1. The highest BCUT2D eigenvalue weighted by Crippen LogP contribution is 2.43. The average Bonchev–Trinajstić information content (AvgIpc) is 2.79. The minimum absolute atomic E-state index is 0.0231. The van der Waals surface area contributed by atoms with Crippen molar-refractivity contribution in [2.75, 3.05) is 6.54 Å². The lowest BCUT2D eigenvalue weighted by atomic mass is 9.88. The molecule has 1 aromatic rings. The van der Waals surface area contributed by atoms with E-state index in [-0.39, 0.29) is 5.82 Å². The van der Waals surface area contributed by atoms with Crippen LogP contribution in [0.4, 0.5) is 4.39 Å². The molecule has 0 radical (unpaired) electrons. The van der Waals surface area contributed by atoms with E-state index in [1.165, 1.54) is 6.42 Å². The molecule has 14 heavy (non-hydrogen) atoms. The summed E-state index contributed by atoms with van der Waals surface area (Å²) in [5, 5.41) is 3.45.